The Morgan fingerprint density at radius 1 is 0.735 bits per heavy atom. The first-order chi connectivity index (χ1) is 23.4. The lowest BCUT2D eigenvalue weighted by Crippen LogP contribution is -2.61. The zero-order valence-electron chi connectivity index (χ0n) is 30.1. The van der Waals surface area contributed by atoms with Crippen molar-refractivity contribution in [2.24, 2.45) is 0 Å². The van der Waals surface area contributed by atoms with Gasteiger partial charge in [0.15, 0.2) is 6.29 Å². The van der Waals surface area contributed by atoms with Gasteiger partial charge < -0.3 is 40.3 Å². The maximum atomic E-state index is 12.9. The molecule has 1 rings (SSSR count). The maximum absolute atomic E-state index is 12.9. The summed E-state index contributed by atoms with van der Waals surface area (Å²) in [6, 6.07) is -1.02. The van der Waals surface area contributed by atoms with Gasteiger partial charge in [-0.15, -0.1) is 0 Å². The third-order valence-corrected chi connectivity index (χ3v) is 9.74. The second-order valence-electron chi connectivity index (χ2n) is 13.7. The highest BCUT2D eigenvalue weighted by Crippen LogP contribution is 2.26. The van der Waals surface area contributed by atoms with E-state index in [1.54, 1.807) is 0 Å². The van der Waals surface area contributed by atoms with Crippen LogP contribution in [0.25, 0.3) is 0 Å². The van der Waals surface area contributed by atoms with E-state index >= 15 is 0 Å². The minimum atomic E-state index is -5.09. The van der Waals surface area contributed by atoms with Gasteiger partial charge in [-0.3, -0.25) is 9.35 Å². The SMILES string of the molecule is CCCCCCCCCCCCCCCCCC(O)C(=O)NC(COC1OC(CO)C(O)C(OS(=O)(=O)O)C1O)C(O)CCCCCCC. The summed E-state index contributed by atoms with van der Waals surface area (Å²) in [5, 5.41) is 54.6. The second-order valence-corrected chi connectivity index (χ2v) is 14.7. The Labute approximate surface area is 295 Å². The zero-order chi connectivity index (χ0) is 36.5. The number of hydrogen-bond donors (Lipinski definition) is 7. The predicted molar refractivity (Wildman–Crippen MR) is 187 cm³/mol. The van der Waals surface area contributed by atoms with Crippen molar-refractivity contribution in [3.63, 3.8) is 0 Å². The van der Waals surface area contributed by atoms with Crippen LogP contribution in [-0.2, 0) is 28.9 Å². The molecule has 0 aliphatic carbocycles. The number of aliphatic hydroxyl groups is 5. The first-order valence-corrected chi connectivity index (χ1v) is 20.4. The van der Waals surface area contributed by atoms with Gasteiger partial charge in [-0.25, -0.2) is 4.18 Å². The summed E-state index contributed by atoms with van der Waals surface area (Å²) in [6.07, 6.45) is 12.3. The molecule has 1 fully saturated rings. The molecule has 0 saturated carbocycles. The van der Waals surface area contributed by atoms with Crippen molar-refractivity contribution in [3.05, 3.63) is 0 Å². The minimum Gasteiger partial charge on any atom is -0.394 e. The molecule has 14 heteroatoms. The van der Waals surface area contributed by atoms with Crippen LogP contribution in [0.5, 0.6) is 0 Å². The Kier molecular flexibility index (Phi) is 26.0. The number of carbonyl (C=O) groups is 1. The summed E-state index contributed by atoms with van der Waals surface area (Å²) in [5.41, 5.74) is 0. The summed E-state index contributed by atoms with van der Waals surface area (Å²) in [6.45, 7) is 3.13. The normalized spacial score (nSPS) is 23.3. The van der Waals surface area contributed by atoms with Crippen molar-refractivity contribution in [2.75, 3.05) is 13.2 Å². The van der Waals surface area contributed by atoms with Gasteiger partial charge in [0.1, 0.15) is 30.5 Å². The third-order valence-electron chi connectivity index (χ3n) is 9.27. The molecule has 1 saturated heterocycles. The highest BCUT2D eigenvalue weighted by atomic mass is 32.3. The Hall–Kier alpha value is -0.940. The number of hydrogen-bond acceptors (Lipinski definition) is 11. The molecule has 0 bridgehead atoms. The van der Waals surface area contributed by atoms with Gasteiger partial charge in [0.2, 0.25) is 5.91 Å². The van der Waals surface area contributed by atoms with Crippen molar-refractivity contribution in [2.45, 2.75) is 204 Å². The van der Waals surface area contributed by atoms with Crippen LogP contribution in [0.3, 0.4) is 0 Å². The van der Waals surface area contributed by atoms with E-state index in [9.17, 15) is 38.7 Å². The minimum absolute atomic E-state index is 0.264. The fraction of sp³-hybridized carbons (Fsp3) is 0.971. The number of aliphatic hydroxyl groups excluding tert-OH is 5. The van der Waals surface area contributed by atoms with Crippen LogP contribution in [0.15, 0.2) is 0 Å². The fourth-order valence-electron chi connectivity index (χ4n) is 6.17. The quantitative estimate of drug-likeness (QED) is 0.0390. The molecule has 1 aliphatic rings. The van der Waals surface area contributed by atoms with E-state index in [0.29, 0.717) is 19.3 Å². The molecule has 0 radical (unpaired) electrons. The Bertz CT molecular complexity index is 926. The first kappa shape index (κ1) is 46.1. The van der Waals surface area contributed by atoms with Gasteiger partial charge in [-0.1, -0.05) is 142 Å². The lowest BCUT2D eigenvalue weighted by Gasteiger charge is -2.41. The van der Waals surface area contributed by atoms with Crippen molar-refractivity contribution in [3.8, 4) is 0 Å². The average molecular weight is 728 g/mol. The lowest BCUT2D eigenvalue weighted by atomic mass is 9.99. The zero-order valence-corrected chi connectivity index (χ0v) is 30.9. The van der Waals surface area contributed by atoms with Crippen LogP contribution < -0.4 is 5.32 Å². The molecule has 0 aromatic rings. The van der Waals surface area contributed by atoms with Gasteiger partial charge >= 0.3 is 10.4 Å². The van der Waals surface area contributed by atoms with E-state index in [4.69, 9.17) is 14.0 Å². The summed E-state index contributed by atoms with van der Waals surface area (Å²) in [7, 11) is -5.09. The molecule has 0 aromatic carbocycles. The predicted octanol–water partition coefficient (Wildman–Crippen LogP) is 4.46. The molecule has 7 N–H and O–H groups in total. The van der Waals surface area contributed by atoms with Gasteiger partial charge in [-0.2, -0.15) is 8.42 Å². The number of ether oxygens (including phenoxy) is 2. The fourth-order valence-corrected chi connectivity index (χ4v) is 6.68. The highest BCUT2D eigenvalue weighted by molar-refractivity contribution is 7.80. The molecule has 49 heavy (non-hydrogen) atoms. The lowest BCUT2D eigenvalue weighted by molar-refractivity contribution is -0.298. The molecule has 0 spiro atoms. The monoisotopic (exact) mass is 727 g/mol. The topological polar surface area (TPSA) is 212 Å². The van der Waals surface area contributed by atoms with Crippen LogP contribution in [-0.4, -0.2) is 107 Å². The van der Waals surface area contributed by atoms with Crippen molar-refractivity contribution in [1.29, 1.82) is 0 Å². The van der Waals surface area contributed by atoms with Crippen LogP contribution in [0.4, 0.5) is 0 Å². The molecule has 8 unspecified atom stereocenters. The Morgan fingerprint density at radius 2 is 1.18 bits per heavy atom. The third kappa shape index (κ3) is 21.2. The number of carbonyl (C=O) groups excluding carboxylic acids is 1. The molecule has 1 aliphatic heterocycles. The van der Waals surface area contributed by atoms with Crippen molar-refractivity contribution in [1.82, 2.24) is 5.32 Å². The molecule has 13 nitrogen and oxygen atoms in total. The van der Waals surface area contributed by atoms with Gasteiger partial charge in [0.05, 0.1) is 25.4 Å². The van der Waals surface area contributed by atoms with E-state index in [-0.39, 0.29) is 6.42 Å². The van der Waals surface area contributed by atoms with Crippen LogP contribution in [0.1, 0.15) is 155 Å². The summed E-state index contributed by atoms with van der Waals surface area (Å²) < 4.78 is 47.1. The molecule has 292 valence electrons. The Morgan fingerprint density at radius 3 is 1.63 bits per heavy atom. The van der Waals surface area contributed by atoms with Gasteiger partial charge in [0.25, 0.3) is 0 Å². The molecule has 0 aromatic heterocycles. The summed E-state index contributed by atoms with van der Waals surface area (Å²) in [4.78, 5) is 12.9. The van der Waals surface area contributed by atoms with Crippen molar-refractivity contribution >= 4 is 16.3 Å². The molecule has 1 amide bonds. The molecule has 8 atom stereocenters. The van der Waals surface area contributed by atoms with Crippen LogP contribution >= 0.6 is 0 Å². The standard InChI is InChI=1S/C35H69NO12S/c1-3-5-7-9-10-11-12-13-14-15-16-17-18-20-22-24-29(39)34(42)36-27(28(38)23-21-19-8-6-4-2)26-46-35-32(41)33(48-49(43,44)45)31(40)30(25-37)47-35/h27-33,35,37-41H,3-26H2,1-2H3,(H,36,42)(H,43,44,45). The van der Waals surface area contributed by atoms with E-state index in [2.05, 4.69) is 23.3 Å². The molecular formula is C35H69NO12S. The van der Waals surface area contributed by atoms with E-state index in [1.165, 1.54) is 70.6 Å². The number of nitrogens with one attached hydrogen (secondary N) is 1. The average Bonchev–Trinajstić information content (AvgIpc) is 3.06. The largest absolute Gasteiger partial charge is 0.397 e. The smallest absolute Gasteiger partial charge is 0.394 e. The van der Waals surface area contributed by atoms with Crippen LogP contribution in [0, 0.1) is 0 Å². The van der Waals surface area contributed by atoms with E-state index in [1.807, 2.05) is 0 Å². The number of rotatable bonds is 31. The second kappa shape index (κ2) is 27.7. The van der Waals surface area contributed by atoms with Crippen LogP contribution in [0.2, 0.25) is 0 Å². The van der Waals surface area contributed by atoms with E-state index < -0.39 is 78.5 Å². The maximum Gasteiger partial charge on any atom is 0.397 e. The van der Waals surface area contributed by atoms with Gasteiger partial charge in [-0.05, 0) is 12.8 Å². The van der Waals surface area contributed by atoms with E-state index in [0.717, 1.165) is 44.9 Å². The highest BCUT2D eigenvalue weighted by Gasteiger charge is 2.48. The summed E-state index contributed by atoms with van der Waals surface area (Å²) >= 11 is 0. The molecule has 1 heterocycles. The Balaban J connectivity index is 2.54. The number of amides is 1. The summed E-state index contributed by atoms with van der Waals surface area (Å²) in [5.74, 6) is -0.676. The molecular weight excluding hydrogens is 658 g/mol. The van der Waals surface area contributed by atoms with Gasteiger partial charge in [0, 0.05) is 0 Å². The first-order valence-electron chi connectivity index (χ1n) is 19.0. The number of unbranched alkanes of at least 4 members (excludes halogenated alkanes) is 18. The van der Waals surface area contributed by atoms with Crippen molar-refractivity contribution < 1.29 is 57.0 Å².